The largest absolute Gasteiger partial charge is 0.356 e. The molecule has 0 aromatic carbocycles. The summed E-state index contributed by atoms with van der Waals surface area (Å²) >= 11 is 1.60. The molecule has 16 heavy (non-hydrogen) atoms. The first kappa shape index (κ1) is 10.9. The number of hydrogen-bond acceptors (Lipinski definition) is 3. The second kappa shape index (κ2) is 4.49. The monoisotopic (exact) mass is 236 g/mol. The lowest BCUT2D eigenvalue weighted by Gasteiger charge is -2.00. The van der Waals surface area contributed by atoms with Crippen molar-refractivity contribution in [2.75, 3.05) is 6.54 Å². The molecule has 0 fully saturated rings. The standard InChI is InChI=1S/C11H12N2O2S/c1-7(14)12-5-4-8-6-16-9-2-3-10(15)13-11(8)9/h2-3,6H,4-5H2,1H3,(H,12,14)(H,13,15). The zero-order chi connectivity index (χ0) is 11.5. The van der Waals surface area contributed by atoms with E-state index in [2.05, 4.69) is 10.3 Å². The third-order valence-corrected chi connectivity index (χ3v) is 3.29. The molecule has 0 radical (unpaired) electrons. The number of carbonyl (C=O) groups is 1. The summed E-state index contributed by atoms with van der Waals surface area (Å²) in [7, 11) is 0. The maximum absolute atomic E-state index is 11.2. The highest BCUT2D eigenvalue weighted by atomic mass is 32.1. The molecule has 0 unspecified atom stereocenters. The van der Waals surface area contributed by atoms with E-state index in [1.54, 1.807) is 11.3 Å². The highest BCUT2D eigenvalue weighted by Gasteiger charge is 2.04. The van der Waals surface area contributed by atoms with Gasteiger partial charge in [0.2, 0.25) is 11.5 Å². The van der Waals surface area contributed by atoms with Gasteiger partial charge in [0.25, 0.3) is 0 Å². The van der Waals surface area contributed by atoms with Crippen molar-refractivity contribution in [1.29, 1.82) is 0 Å². The molecule has 0 atom stereocenters. The van der Waals surface area contributed by atoms with Crippen molar-refractivity contribution >= 4 is 27.5 Å². The molecule has 2 N–H and O–H groups in total. The molecule has 2 heterocycles. The number of fused-ring (bicyclic) bond motifs is 1. The lowest BCUT2D eigenvalue weighted by Crippen LogP contribution is -2.22. The second-order valence-electron chi connectivity index (χ2n) is 3.56. The topological polar surface area (TPSA) is 62.0 Å². The highest BCUT2D eigenvalue weighted by Crippen LogP contribution is 2.22. The molecule has 84 valence electrons. The second-order valence-corrected chi connectivity index (χ2v) is 4.47. The van der Waals surface area contributed by atoms with Crippen LogP contribution in [0.4, 0.5) is 0 Å². The Morgan fingerprint density at radius 3 is 3.06 bits per heavy atom. The van der Waals surface area contributed by atoms with Crippen LogP contribution in [0.3, 0.4) is 0 Å². The normalized spacial score (nSPS) is 10.6. The molecule has 2 aromatic rings. The van der Waals surface area contributed by atoms with Gasteiger partial charge in [0.15, 0.2) is 0 Å². The van der Waals surface area contributed by atoms with Gasteiger partial charge in [-0.3, -0.25) is 9.59 Å². The fraction of sp³-hybridized carbons (Fsp3) is 0.273. The Balaban J connectivity index is 2.21. The summed E-state index contributed by atoms with van der Waals surface area (Å²) in [4.78, 5) is 24.7. The van der Waals surface area contributed by atoms with Crippen LogP contribution in [0.5, 0.6) is 0 Å². The molecule has 0 bridgehead atoms. The minimum Gasteiger partial charge on any atom is -0.356 e. The molecule has 0 saturated carbocycles. The number of hydrogen-bond donors (Lipinski definition) is 2. The molecule has 2 aromatic heterocycles. The van der Waals surface area contributed by atoms with Gasteiger partial charge in [-0.1, -0.05) is 0 Å². The van der Waals surface area contributed by atoms with Crippen molar-refractivity contribution in [3.8, 4) is 0 Å². The Labute approximate surface area is 96.3 Å². The Bertz CT molecular complexity index is 571. The summed E-state index contributed by atoms with van der Waals surface area (Å²) < 4.78 is 1.07. The quantitative estimate of drug-likeness (QED) is 0.843. The van der Waals surface area contributed by atoms with E-state index in [1.165, 1.54) is 13.0 Å². The number of pyridine rings is 1. The zero-order valence-corrected chi connectivity index (χ0v) is 9.69. The minimum absolute atomic E-state index is 0.0342. The van der Waals surface area contributed by atoms with Gasteiger partial charge in [-0.2, -0.15) is 0 Å². The molecule has 0 aliphatic carbocycles. The van der Waals surface area contributed by atoms with Gasteiger partial charge in [-0.05, 0) is 23.4 Å². The third-order valence-electron chi connectivity index (χ3n) is 2.30. The van der Waals surface area contributed by atoms with Crippen molar-refractivity contribution < 1.29 is 4.79 Å². The first-order valence-electron chi connectivity index (χ1n) is 5.00. The number of aromatic nitrogens is 1. The number of aromatic amines is 1. The summed E-state index contributed by atoms with van der Waals surface area (Å²) in [6.45, 7) is 2.09. The van der Waals surface area contributed by atoms with Crippen LogP contribution >= 0.6 is 11.3 Å². The molecule has 0 saturated heterocycles. The van der Waals surface area contributed by atoms with Gasteiger partial charge in [0, 0.05) is 19.5 Å². The van der Waals surface area contributed by atoms with E-state index >= 15 is 0 Å². The van der Waals surface area contributed by atoms with Crippen LogP contribution in [0.1, 0.15) is 12.5 Å². The summed E-state index contributed by atoms with van der Waals surface area (Å²) in [5.41, 5.74) is 1.88. The number of amides is 1. The van der Waals surface area contributed by atoms with Gasteiger partial charge >= 0.3 is 0 Å². The minimum atomic E-state index is -0.0910. The van der Waals surface area contributed by atoms with Gasteiger partial charge in [-0.25, -0.2) is 0 Å². The van der Waals surface area contributed by atoms with E-state index in [-0.39, 0.29) is 11.5 Å². The van der Waals surface area contributed by atoms with Crippen LogP contribution in [-0.4, -0.2) is 17.4 Å². The maximum atomic E-state index is 11.2. The number of carbonyl (C=O) groups excluding carboxylic acids is 1. The van der Waals surface area contributed by atoms with E-state index in [4.69, 9.17) is 0 Å². The Morgan fingerprint density at radius 2 is 2.31 bits per heavy atom. The molecular weight excluding hydrogens is 224 g/mol. The van der Waals surface area contributed by atoms with E-state index in [0.717, 1.165) is 22.2 Å². The molecule has 0 aliphatic rings. The highest BCUT2D eigenvalue weighted by molar-refractivity contribution is 7.17. The van der Waals surface area contributed by atoms with E-state index < -0.39 is 0 Å². The fourth-order valence-corrected chi connectivity index (χ4v) is 2.50. The Hall–Kier alpha value is -1.62. The summed E-state index contributed by atoms with van der Waals surface area (Å²) in [6.07, 6.45) is 0.736. The Kier molecular flexibility index (Phi) is 3.05. The van der Waals surface area contributed by atoms with E-state index in [0.29, 0.717) is 6.54 Å². The van der Waals surface area contributed by atoms with Crippen molar-refractivity contribution in [2.45, 2.75) is 13.3 Å². The molecule has 0 aliphatic heterocycles. The maximum Gasteiger partial charge on any atom is 0.248 e. The molecule has 5 heteroatoms. The molecular formula is C11H12N2O2S. The summed E-state index contributed by atoms with van der Waals surface area (Å²) in [5, 5.41) is 4.75. The molecule has 2 rings (SSSR count). The third kappa shape index (κ3) is 2.30. The predicted molar refractivity (Wildman–Crippen MR) is 64.8 cm³/mol. The first-order valence-corrected chi connectivity index (χ1v) is 5.88. The van der Waals surface area contributed by atoms with E-state index in [1.807, 2.05) is 11.4 Å². The SMILES string of the molecule is CC(=O)NCCc1csc2ccc(=O)[nH]c12. The van der Waals surface area contributed by atoms with Gasteiger partial charge in [0.05, 0.1) is 10.2 Å². The number of thiophene rings is 1. The summed E-state index contributed by atoms with van der Waals surface area (Å²) in [6, 6.07) is 3.34. The van der Waals surface area contributed by atoms with Crippen LogP contribution < -0.4 is 10.9 Å². The fourth-order valence-electron chi connectivity index (χ4n) is 1.55. The van der Waals surface area contributed by atoms with Crippen LogP contribution in [0, 0.1) is 0 Å². The zero-order valence-electron chi connectivity index (χ0n) is 8.87. The Morgan fingerprint density at radius 1 is 1.50 bits per heavy atom. The van der Waals surface area contributed by atoms with Gasteiger partial charge in [0.1, 0.15) is 0 Å². The number of rotatable bonds is 3. The van der Waals surface area contributed by atoms with Crippen LogP contribution in [0.25, 0.3) is 10.2 Å². The van der Waals surface area contributed by atoms with Crippen molar-refractivity contribution in [3.05, 3.63) is 33.4 Å². The smallest absolute Gasteiger partial charge is 0.248 e. The molecule has 1 amide bonds. The van der Waals surface area contributed by atoms with Gasteiger partial charge < -0.3 is 10.3 Å². The number of nitrogens with one attached hydrogen (secondary N) is 2. The number of H-pyrrole nitrogens is 1. The van der Waals surface area contributed by atoms with Crippen LogP contribution in [0.15, 0.2) is 22.3 Å². The van der Waals surface area contributed by atoms with Crippen molar-refractivity contribution in [3.63, 3.8) is 0 Å². The summed E-state index contributed by atoms with van der Waals surface area (Å²) in [5.74, 6) is -0.0342. The van der Waals surface area contributed by atoms with Crippen molar-refractivity contribution in [1.82, 2.24) is 10.3 Å². The first-order chi connectivity index (χ1) is 7.66. The average molecular weight is 236 g/mol. The predicted octanol–water partition coefficient (Wildman–Crippen LogP) is 1.27. The van der Waals surface area contributed by atoms with Crippen molar-refractivity contribution in [2.24, 2.45) is 0 Å². The molecule has 0 spiro atoms. The lowest BCUT2D eigenvalue weighted by atomic mass is 10.2. The average Bonchev–Trinajstić information content (AvgIpc) is 2.60. The van der Waals surface area contributed by atoms with Crippen LogP contribution in [0.2, 0.25) is 0 Å². The van der Waals surface area contributed by atoms with Crippen LogP contribution in [-0.2, 0) is 11.2 Å². The lowest BCUT2D eigenvalue weighted by molar-refractivity contribution is -0.118. The molecule has 4 nitrogen and oxygen atoms in total. The van der Waals surface area contributed by atoms with Gasteiger partial charge in [-0.15, -0.1) is 11.3 Å². The van der Waals surface area contributed by atoms with E-state index in [9.17, 15) is 9.59 Å².